The van der Waals surface area contributed by atoms with Gasteiger partial charge in [-0.05, 0) is 48.7 Å². The van der Waals surface area contributed by atoms with E-state index < -0.39 is 0 Å². The maximum atomic E-state index is 12.5. The number of likely N-dealkylation sites (tertiary alicyclic amines) is 1. The Labute approximate surface area is 163 Å². The van der Waals surface area contributed by atoms with Crippen LogP contribution < -0.4 is 5.32 Å². The summed E-state index contributed by atoms with van der Waals surface area (Å²) < 4.78 is 0. The molecule has 0 aliphatic carbocycles. The smallest absolute Gasteiger partial charge is 0.251 e. The van der Waals surface area contributed by atoms with E-state index in [2.05, 4.69) is 5.32 Å². The fourth-order valence-corrected chi connectivity index (χ4v) is 3.30. The number of halogens is 2. The van der Waals surface area contributed by atoms with Gasteiger partial charge in [0.2, 0.25) is 5.91 Å². The minimum atomic E-state index is -0.195. The molecule has 0 bridgehead atoms. The average Bonchev–Trinajstić information content (AvgIpc) is 3.02. The van der Waals surface area contributed by atoms with E-state index in [-0.39, 0.29) is 17.9 Å². The maximum Gasteiger partial charge on any atom is 0.251 e. The maximum absolute atomic E-state index is 12.5. The molecule has 0 spiro atoms. The highest BCUT2D eigenvalue weighted by molar-refractivity contribution is 6.42. The Bertz CT molecular complexity index is 821. The first-order valence-electron chi connectivity index (χ1n) is 8.56. The Morgan fingerprint density at radius 2 is 1.88 bits per heavy atom. The van der Waals surface area contributed by atoms with Crippen molar-refractivity contribution in [2.75, 3.05) is 6.54 Å². The fourth-order valence-electron chi connectivity index (χ4n) is 3.00. The van der Waals surface area contributed by atoms with Crippen LogP contribution in [0.15, 0.2) is 42.5 Å². The highest BCUT2D eigenvalue weighted by atomic mass is 35.5. The second-order valence-corrected chi connectivity index (χ2v) is 7.30. The van der Waals surface area contributed by atoms with Crippen LogP contribution in [-0.2, 0) is 11.3 Å². The topological polar surface area (TPSA) is 49.4 Å². The van der Waals surface area contributed by atoms with Gasteiger partial charge in [0.15, 0.2) is 0 Å². The molecule has 1 atom stereocenters. The van der Waals surface area contributed by atoms with Gasteiger partial charge in [0.05, 0.1) is 16.1 Å². The third-order valence-corrected chi connectivity index (χ3v) is 5.29. The summed E-state index contributed by atoms with van der Waals surface area (Å²) in [5, 5.41) is 3.90. The summed E-state index contributed by atoms with van der Waals surface area (Å²) in [7, 11) is 0. The second kappa shape index (κ2) is 8.11. The summed E-state index contributed by atoms with van der Waals surface area (Å²) in [4.78, 5) is 26.0. The number of carbonyl (C=O) groups is 2. The van der Waals surface area contributed by atoms with Crippen molar-refractivity contribution >= 4 is 35.0 Å². The summed E-state index contributed by atoms with van der Waals surface area (Å²) in [6.45, 7) is 3.30. The van der Waals surface area contributed by atoms with Crippen LogP contribution in [0.25, 0.3) is 0 Å². The highest BCUT2D eigenvalue weighted by Gasteiger charge is 2.20. The predicted molar refractivity (Wildman–Crippen MR) is 103 cm³/mol. The van der Waals surface area contributed by atoms with E-state index in [0.29, 0.717) is 28.6 Å². The number of hydrogen-bond acceptors (Lipinski definition) is 2. The van der Waals surface area contributed by atoms with Gasteiger partial charge in [0.1, 0.15) is 0 Å². The molecule has 1 saturated heterocycles. The Morgan fingerprint density at radius 1 is 1.15 bits per heavy atom. The van der Waals surface area contributed by atoms with Crippen LogP contribution in [0.1, 0.15) is 47.3 Å². The van der Waals surface area contributed by atoms with Gasteiger partial charge in [-0.2, -0.15) is 0 Å². The predicted octanol–water partition coefficient (Wildman–Crippen LogP) is 4.61. The zero-order valence-corrected chi connectivity index (χ0v) is 16.0. The summed E-state index contributed by atoms with van der Waals surface area (Å²) in [6.07, 6.45) is 1.55. The van der Waals surface area contributed by atoms with Crippen molar-refractivity contribution in [1.82, 2.24) is 10.2 Å². The van der Waals surface area contributed by atoms with Crippen molar-refractivity contribution in [3.63, 3.8) is 0 Å². The van der Waals surface area contributed by atoms with Gasteiger partial charge >= 0.3 is 0 Å². The Morgan fingerprint density at radius 3 is 2.50 bits per heavy atom. The number of amides is 2. The molecule has 1 heterocycles. The van der Waals surface area contributed by atoms with E-state index in [9.17, 15) is 9.59 Å². The molecule has 1 fully saturated rings. The first-order chi connectivity index (χ1) is 12.4. The van der Waals surface area contributed by atoms with Gasteiger partial charge in [-0.15, -0.1) is 0 Å². The van der Waals surface area contributed by atoms with Crippen LogP contribution in [0.4, 0.5) is 0 Å². The van der Waals surface area contributed by atoms with Gasteiger partial charge in [0, 0.05) is 25.1 Å². The van der Waals surface area contributed by atoms with Crippen molar-refractivity contribution in [3.8, 4) is 0 Å². The molecule has 3 rings (SSSR count). The van der Waals surface area contributed by atoms with Crippen molar-refractivity contribution < 1.29 is 9.59 Å². The summed E-state index contributed by atoms with van der Waals surface area (Å²) in [5.41, 5.74) is 2.49. The molecule has 0 unspecified atom stereocenters. The monoisotopic (exact) mass is 390 g/mol. The molecular formula is C20H20Cl2N2O2. The molecule has 2 amide bonds. The minimum Gasteiger partial charge on any atom is -0.346 e. The molecule has 0 aromatic heterocycles. The molecule has 1 aliphatic rings. The second-order valence-electron chi connectivity index (χ2n) is 6.48. The standard InChI is InChI=1S/C20H20Cl2N2O2/c1-13(16-8-9-17(21)18(22)11-16)23-20(26)15-6-4-14(5-7-15)12-24-10-2-3-19(24)25/h4-9,11,13H,2-3,10,12H2,1H3,(H,23,26)/t13-/m1/s1. The zero-order chi connectivity index (χ0) is 18.7. The minimum absolute atomic E-state index is 0.160. The fraction of sp³-hybridized carbons (Fsp3) is 0.300. The van der Waals surface area contributed by atoms with Gasteiger partial charge in [-0.3, -0.25) is 9.59 Å². The van der Waals surface area contributed by atoms with Crippen molar-refractivity contribution in [2.24, 2.45) is 0 Å². The van der Waals surface area contributed by atoms with E-state index >= 15 is 0 Å². The largest absolute Gasteiger partial charge is 0.346 e. The van der Waals surface area contributed by atoms with E-state index in [0.717, 1.165) is 24.1 Å². The molecule has 1 N–H and O–H groups in total. The lowest BCUT2D eigenvalue weighted by Crippen LogP contribution is -2.27. The lowest BCUT2D eigenvalue weighted by molar-refractivity contribution is -0.128. The summed E-state index contributed by atoms with van der Waals surface area (Å²) in [6, 6.07) is 12.5. The average molecular weight is 391 g/mol. The zero-order valence-electron chi connectivity index (χ0n) is 14.5. The van der Waals surface area contributed by atoms with Crippen LogP contribution in [0.5, 0.6) is 0 Å². The van der Waals surface area contributed by atoms with E-state index in [1.165, 1.54) is 0 Å². The van der Waals surface area contributed by atoms with Crippen molar-refractivity contribution in [1.29, 1.82) is 0 Å². The third kappa shape index (κ3) is 4.37. The van der Waals surface area contributed by atoms with E-state index in [1.807, 2.05) is 30.0 Å². The number of hydrogen-bond donors (Lipinski definition) is 1. The number of benzene rings is 2. The number of carbonyl (C=O) groups excluding carboxylic acids is 2. The van der Waals surface area contributed by atoms with Crippen LogP contribution in [0.3, 0.4) is 0 Å². The molecule has 2 aromatic carbocycles. The Balaban J connectivity index is 1.62. The number of nitrogens with one attached hydrogen (secondary N) is 1. The lowest BCUT2D eigenvalue weighted by atomic mass is 10.1. The summed E-state index contributed by atoms with van der Waals surface area (Å²) in [5.74, 6) is 0.0367. The van der Waals surface area contributed by atoms with E-state index in [4.69, 9.17) is 23.2 Å². The SMILES string of the molecule is C[C@@H](NC(=O)c1ccc(CN2CCCC2=O)cc1)c1ccc(Cl)c(Cl)c1. The quantitative estimate of drug-likeness (QED) is 0.810. The van der Waals surface area contributed by atoms with Crippen molar-refractivity contribution in [2.45, 2.75) is 32.4 Å². The third-order valence-electron chi connectivity index (χ3n) is 4.55. The summed E-state index contributed by atoms with van der Waals surface area (Å²) >= 11 is 12.0. The lowest BCUT2D eigenvalue weighted by Gasteiger charge is -2.17. The van der Waals surface area contributed by atoms with Gasteiger partial charge < -0.3 is 10.2 Å². The van der Waals surface area contributed by atoms with Crippen LogP contribution >= 0.6 is 23.2 Å². The highest BCUT2D eigenvalue weighted by Crippen LogP contribution is 2.25. The molecule has 26 heavy (non-hydrogen) atoms. The molecule has 1 aliphatic heterocycles. The Kier molecular flexibility index (Phi) is 5.84. The van der Waals surface area contributed by atoms with Gasteiger partial charge in [-0.25, -0.2) is 0 Å². The van der Waals surface area contributed by atoms with E-state index in [1.54, 1.807) is 24.3 Å². The molecule has 2 aromatic rings. The normalized spacial score (nSPS) is 15.2. The van der Waals surface area contributed by atoms with Crippen molar-refractivity contribution in [3.05, 3.63) is 69.2 Å². The molecule has 136 valence electrons. The van der Waals surface area contributed by atoms with Gasteiger partial charge in [0.25, 0.3) is 5.91 Å². The molecule has 6 heteroatoms. The Hall–Kier alpha value is -2.04. The molecule has 0 radical (unpaired) electrons. The van der Waals surface area contributed by atoms with Crippen LogP contribution in [0.2, 0.25) is 10.0 Å². The van der Waals surface area contributed by atoms with Crippen LogP contribution in [-0.4, -0.2) is 23.3 Å². The number of rotatable bonds is 5. The molecule has 4 nitrogen and oxygen atoms in total. The molecular weight excluding hydrogens is 371 g/mol. The van der Waals surface area contributed by atoms with Crippen LogP contribution in [0, 0.1) is 0 Å². The first kappa shape index (κ1) is 18.7. The molecule has 0 saturated carbocycles. The first-order valence-corrected chi connectivity index (χ1v) is 9.32. The van der Waals surface area contributed by atoms with Gasteiger partial charge in [-0.1, -0.05) is 41.4 Å². The number of nitrogens with zero attached hydrogens (tertiary/aromatic N) is 1.